The Labute approximate surface area is 169 Å². The summed E-state index contributed by atoms with van der Waals surface area (Å²) >= 11 is 0. The van der Waals surface area contributed by atoms with Gasteiger partial charge in [-0.25, -0.2) is 8.78 Å². The van der Waals surface area contributed by atoms with Gasteiger partial charge in [0.2, 0.25) is 0 Å². The monoisotopic (exact) mass is 398 g/mol. The van der Waals surface area contributed by atoms with Crippen molar-refractivity contribution < 1.29 is 23.0 Å². The van der Waals surface area contributed by atoms with Gasteiger partial charge in [-0.15, -0.1) is 0 Å². The van der Waals surface area contributed by atoms with E-state index >= 15 is 4.39 Å². The second-order valence-corrected chi connectivity index (χ2v) is 7.22. The van der Waals surface area contributed by atoms with Crippen molar-refractivity contribution in [3.05, 3.63) is 82.9 Å². The van der Waals surface area contributed by atoms with Crippen LogP contribution in [0, 0.1) is 11.6 Å². The van der Waals surface area contributed by atoms with Crippen molar-refractivity contribution in [2.75, 3.05) is 19.8 Å². The smallest absolute Gasteiger partial charge is 0.184 e. The first kappa shape index (κ1) is 20.0. The minimum absolute atomic E-state index is 0.0437. The van der Waals surface area contributed by atoms with Crippen LogP contribution in [0.1, 0.15) is 29.9 Å². The number of hydrogen-bond donors (Lipinski definition) is 0. The van der Waals surface area contributed by atoms with E-state index in [0.29, 0.717) is 43.6 Å². The van der Waals surface area contributed by atoms with Gasteiger partial charge in [0.1, 0.15) is 17.7 Å². The third kappa shape index (κ3) is 4.64. The first-order valence-electron chi connectivity index (χ1n) is 9.94. The largest absolute Gasteiger partial charge is 0.374 e. The standard InChI is InChI=1S/C24H24F2O3/c1-2-27-21-14-28-24(29-15-21)19-9-12-22-18(13-19)8-7-17(23(22)26)6-3-16-4-10-20(25)11-5-16/h4-5,7-13,21,24H,2-3,6,14-15H2,1H3. The molecule has 152 valence electrons. The molecule has 3 aromatic carbocycles. The first-order chi connectivity index (χ1) is 14.1. The van der Waals surface area contributed by atoms with Crippen molar-refractivity contribution >= 4 is 10.8 Å². The van der Waals surface area contributed by atoms with E-state index in [1.807, 2.05) is 31.2 Å². The number of aryl methyl sites for hydroxylation is 2. The molecule has 1 aliphatic heterocycles. The SMILES string of the molecule is CCOC1COC(c2ccc3c(F)c(CCc4ccc(F)cc4)ccc3c2)OC1. The number of halogens is 2. The third-order valence-corrected chi connectivity index (χ3v) is 5.20. The van der Waals surface area contributed by atoms with Crippen LogP contribution < -0.4 is 0 Å². The minimum atomic E-state index is -0.461. The second kappa shape index (κ2) is 8.99. The fraction of sp³-hybridized carbons (Fsp3) is 0.333. The fourth-order valence-electron chi connectivity index (χ4n) is 3.64. The molecule has 1 saturated heterocycles. The van der Waals surface area contributed by atoms with E-state index in [9.17, 15) is 4.39 Å². The highest BCUT2D eigenvalue weighted by atomic mass is 19.1. The third-order valence-electron chi connectivity index (χ3n) is 5.20. The molecule has 1 aliphatic rings. The first-order valence-corrected chi connectivity index (χ1v) is 9.94. The lowest BCUT2D eigenvalue weighted by molar-refractivity contribution is -0.229. The zero-order chi connectivity index (χ0) is 20.2. The molecule has 0 bridgehead atoms. The number of ether oxygens (including phenoxy) is 3. The summed E-state index contributed by atoms with van der Waals surface area (Å²) in [6.45, 7) is 3.53. The van der Waals surface area contributed by atoms with E-state index in [2.05, 4.69) is 0 Å². The van der Waals surface area contributed by atoms with Crippen molar-refractivity contribution in [1.29, 1.82) is 0 Å². The highest BCUT2D eigenvalue weighted by molar-refractivity contribution is 5.84. The van der Waals surface area contributed by atoms with Crippen LogP contribution in [0.4, 0.5) is 8.78 Å². The van der Waals surface area contributed by atoms with Crippen LogP contribution in [-0.4, -0.2) is 25.9 Å². The number of benzene rings is 3. The van der Waals surface area contributed by atoms with E-state index < -0.39 is 6.29 Å². The fourth-order valence-corrected chi connectivity index (χ4v) is 3.64. The Balaban J connectivity index is 1.47. The highest BCUT2D eigenvalue weighted by Crippen LogP contribution is 2.29. The van der Waals surface area contributed by atoms with E-state index in [1.54, 1.807) is 18.2 Å². The number of rotatable bonds is 6. The van der Waals surface area contributed by atoms with Crippen molar-refractivity contribution in [1.82, 2.24) is 0 Å². The van der Waals surface area contributed by atoms with Gasteiger partial charge in [-0.2, -0.15) is 0 Å². The van der Waals surface area contributed by atoms with Gasteiger partial charge in [0.25, 0.3) is 0 Å². The summed E-state index contributed by atoms with van der Waals surface area (Å²) < 4.78 is 45.1. The van der Waals surface area contributed by atoms with Crippen LogP contribution in [0.3, 0.4) is 0 Å². The molecule has 5 heteroatoms. The Kier molecular flexibility index (Phi) is 6.19. The molecule has 29 heavy (non-hydrogen) atoms. The van der Waals surface area contributed by atoms with Gasteiger partial charge in [0, 0.05) is 17.6 Å². The molecule has 0 radical (unpaired) electrons. The highest BCUT2D eigenvalue weighted by Gasteiger charge is 2.24. The summed E-state index contributed by atoms with van der Waals surface area (Å²) in [6, 6.07) is 15.6. The quantitative estimate of drug-likeness (QED) is 0.560. The van der Waals surface area contributed by atoms with Gasteiger partial charge in [0.05, 0.1) is 13.2 Å². The lowest BCUT2D eigenvalue weighted by atomic mass is 9.99. The summed E-state index contributed by atoms with van der Waals surface area (Å²) in [5.74, 6) is -0.473. The molecule has 3 aromatic rings. The van der Waals surface area contributed by atoms with Gasteiger partial charge >= 0.3 is 0 Å². The summed E-state index contributed by atoms with van der Waals surface area (Å²) in [4.78, 5) is 0. The van der Waals surface area contributed by atoms with Crippen LogP contribution in [0.25, 0.3) is 10.8 Å². The Morgan fingerprint density at radius 2 is 1.69 bits per heavy atom. The summed E-state index contributed by atoms with van der Waals surface area (Å²) in [7, 11) is 0. The van der Waals surface area contributed by atoms with Crippen LogP contribution in [0.2, 0.25) is 0 Å². The molecule has 0 saturated carbocycles. The Bertz CT molecular complexity index is 964. The molecule has 1 fully saturated rings. The second-order valence-electron chi connectivity index (χ2n) is 7.22. The molecule has 0 amide bonds. The van der Waals surface area contributed by atoms with Gasteiger partial charge in [0.15, 0.2) is 6.29 Å². The lowest BCUT2D eigenvalue weighted by Crippen LogP contribution is -2.33. The summed E-state index contributed by atoms with van der Waals surface area (Å²) in [5.41, 5.74) is 2.50. The van der Waals surface area contributed by atoms with E-state index in [4.69, 9.17) is 14.2 Å². The molecule has 0 N–H and O–H groups in total. The molecular formula is C24H24F2O3. The van der Waals surface area contributed by atoms with Crippen molar-refractivity contribution in [2.24, 2.45) is 0 Å². The van der Waals surface area contributed by atoms with Crippen molar-refractivity contribution in [2.45, 2.75) is 32.2 Å². The van der Waals surface area contributed by atoms with Gasteiger partial charge < -0.3 is 14.2 Å². The average Bonchev–Trinajstić information content (AvgIpc) is 2.75. The van der Waals surface area contributed by atoms with Gasteiger partial charge in [-0.1, -0.05) is 36.4 Å². The van der Waals surface area contributed by atoms with E-state index in [0.717, 1.165) is 16.5 Å². The van der Waals surface area contributed by atoms with Gasteiger partial charge in [-0.3, -0.25) is 0 Å². The lowest BCUT2D eigenvalue weighted by Gasteiger charge is -2.29. The summed E-state index contributed by atoms with van der Waals surface area (Å²) in [5, 5.41) is 1.39. The van der Waals surface area contributed by atoms with Crippen molar-refractivity contribution in [3.63, 3.8) is 0 Å². The maximum Gasteiger partial charge on any atom is 0.184 e. The topological polar surface area (TPSA) is 27.7 Å². The molecule has 3 nitrogen and oxygen atoms in total. The van der Waals surface area contributed by atoms with Gasteiger partial charge in [-0.05, 0) is 54.5 Å². The molecule has 4 rings (SSSR count). The van der Waals surface area contributed by atoms with Crippen LogP contribution in [-0.2, 0) is 27.1 Å². The Morgan fingerprint density at radius 3 is 2.41 bits per heavy atom. The molecule has 0 aliphatic carbocycles. The van der Waals surface area contributed by atoms with Crippen LogP contribution >= 0.6 is 0 Å². The summed E-state index contributed by atoms with van der Waals surface area (Å²) in [6.07, 6.45) is 0.712. The van der Waals surface area contributed by atoms with E-state index in [1.165, 1.54) is 12.1 Å². The predicted molar refractivity (Wildman–Crippen MR) is 108 cm³/mol. The van der Waals surface area contributed by atoms with E-state index in [-0.39, 0.29) is 17.7 Å². The van der Waals surface area contributed by atoms with Crippen LogP contribution in [0.5, 0.6) is 0 Å². The Hall–Kier alpha value is -2.34. The van der Waals surface area contributed by atoms with Crippen LogP contribution in [0.15, 0.2) is 54.6 Å². The minimum Gasteiger partial charge on any atom is -0.374 e. The molecule has 1 heterocycles. The molecule has 0 atom stereocenters. The maximum absolute atomic E-state index is 15.0. The molecule has 0 spiro atoms. The zero-order valence-electron chi connectivity index (χ0n) is 16.4. The molecular weight excluding hydrogens is 374 g/mol. The predicted octanol–water partition coefficient (Wildman–Crippen LogP) is 5.35. The molecule has 0 aromatic heterocycles. The number of hydrogen-bond acceptors (Lipinski definition) is 3. The average molecular weight is 398 g/mol. The zero-order valence-corrected chi connectivity index (χ0v) is 16.4. The van der Waals surface area contributed by atoms with Crippen molar-refractivity contribution in [3.8, 4) is 0 Å². The normalized spacial score (nSPS) is 19.6. The Morgan fingerprint density at radius 1 is 0.931 bits per heavy atom. The molecule has 0 unspecified atom stereocenters. The number of fused-ring (bicyclic) bond motifs is 1. The maximum atomic E-state index is 15.0.